The van der Waals surface area contributed by atoms with Gasteiger partial charge in [0.2, 0.25) is 0 Å². The second-order valence-corrected chi connectivity index (χ2v) is 7.55. The molecular formula is C19H39IN4. The molecule has 0 amide bonds. The normalized spacial score (nSPS) is 20.5. The molecule has 4 nitrogen and oxygen atoms in total. The van der Waals surface area contributed by atoms with Crippen LogP contribution in [0.4, 0.5) is 0 Å². The highest BCUT2D eigenvalue weighted by Gasteiger charge is 2.53. The first kappa shape index (κ1) is 22.0. The van der Waals surface area contributed by atoms with E-state index in [0.29, 0.717) is 11.5 Å². The molecular weight excluding hydrogens is 411 g/mol. The van der Waals surface area contributed by atoms with E-state index in [1.807, 2.05) is 0 Å². The summed E-state index contributed by atoms with van der Waals surface area (Å²) in [6.07, 6.45) is 8.15. The molecule has 142 valence electrons. The maximum atomic E-state index is 4.91. The predicted molar refractivity (Wildman–Crippen MR) is 115 cm³/mol. The Morgan fingerprint density at radius 1 is 1.21 bits per heavy atom. The molecule has 2 aliphatic carbocycles. The van der Waals surface area contributed by atoms with Gasteiger partial charge < -0.3 is 15.5 Å². The highest BCUT2D eigenvalue weighted by molar-refractivity contribution is 14.0. The topological polar surface area (TPSA) is 39.7 Å². The van der Waals surface area contributed by atoms with Crippen molar-refractivity contribution in [2.75, 3.05) is 32.7 Å². The standard InChI is InChI=1S/C19H38N4.HI/c1-5-20-18(21-15-19(12-13-19)17-10-11-17)22-16(4)9-8-14-23(6-2)7-3;/h16-17H,5-15H2,1-4H3,(H2,20,21,22);1H. The Labute approximate surface area is 166 Å². The lowest BCUT2D eigenvalue weighted by Crippen LogP contribution is -2.43. The SMILES string of the molecule is CCNC(=NCC1(C2CC2)CC1)NC(C)CCCN(CC)CC.I. The van der Waals surface area contributed by atoms with E-state index in [-0.39, 0.29) is 24.0 Å². The first-order valence-corrected chi connectivity index (χ1v) is 9.90. The van der Waals surface area contributed by atoms with E-state index in [9.17, 15) is 0 Å². The van der Waals surface area contributed by atoms with Gasteiger partial charge in [-0.25, -0.2) is 0 Å². The fourth-order valence-electron chi connectivity index (χ4n) is 3.57. The van der Waals surface area contributed by atoms with E-state index < -0.39 is 0 Å². The summed E-state index contributed by atoms with van der Waals surface area (Å²) in [5.74, 6) is 2.01. The summed E-state index contributed by atoms with van der Waals surface area (Å²) in [4.78, 5) is 7.41. The minimum atomic E-state index is 0. The molecule has 2 aliphatic rings. The zero-order valence-corrected chi connectivity index (χ0v) is 18.6. The van der Waals surface area contributed by atoms with Gasteiger partial charge in [-0.05, 0) is 83.3 Å². The molecule has 2 fully saturated rings. The molecule has 0 aromatic carbocycles. The van der Waals surface area contributed by atoms with Gasteiger partial charge in [-0.15, -0.1) is 24.0 Å². The molecule has 0 bridgehead atoms. The highest BCUT2D eigenvalue weighted by Crippen LogP contribution is 2.61. The fourth-order valence-corrected chi connectivity index (χ4v) is 3.57. The van der Waals surface area contributed by atoms with Gasteiger partial charge in [0.05, 0.1) is 0 Å². The van der Waals surface area contributed by atoms with Crippen LogP contribution >= 0.6 is 24.0 Å². The first-order chi connectivity index (χ1) is 11.1. The van der Waals surface area contributed by atoms with Gasteiger partial charge in [-0.2, -0.15) is 0 Å². The maximum Gasteiger partial charge on any atom is 0.191 e. The van der Waals surface area contributed by atoms with E-state index in [1.165, 1.54) is 45.1 Å². The number of hydrogen-bond acceptors (Lipinski definition) is 2. The summed E-state index contributed by atoms with van der Waals surface area (Å²) < 4.78 is 0. The van der Waals surface area contributed by atoms with Crippen LogP contribution in [0, 0.1) is 11.3 Å². The van der Waals surface area contributed by atoms with Gasteiger partial charge in [0.1, 0.15) is 0 Å². The van der Waals surface area contributed by atoms with Crippen LogP contribution in [0.2, 0.25) is 0 Å². The minimum absolute atomic E-state index is 0. The summed E-state index contributed by atoms with van der Waals surface area (Å²) in [6.45, 7) is 14.4. The molecule has 1 unspecified atom stereocenters. The van der Waals surface area contributed by atoms with Crippen LogP contribution in [-0.2, 0) is 0 Å². The summed E-state index contributed by atoms with van der Waals surface area (Å²) in [5.41, 5.74) is 0.592. The Bertz CT molecular complexity index is 374. The van der Waals surface area contributed by atoms with Crippen molar-refractivity contribution < 1.29 is 0 Å². The Morgan fingerprint density at radius 2 is 1.88 bits per heavy atom. The lowest BCUT2D eigenvalue weighted by Gasteiger charge is -2.21. The Balaban J connectivity index is 0.00000288. The van der Waals surface area contributed by atoms with Gasteiger partial charge in [0, 0.05) is 19.1 Å². The van der Waals surface area contributed by atoms with Crippen molar-refractivity contribution in [2.24, 2.45) is 16.3 Å². The van der Waals surface area contributed by atoms with Crippen LogP contribution < -0.4 is 10.6 Å². The number of rotatable bonds is 11. The van der Waals surface area contributed by atoms with Gasteiger partial charge in [0.25, 0.3) is 0 Å². The quantitative estimate of drug-likeness (QED) is 0.285. The molecule has 5 heteroatoms. The molecule has 2 saturated carbocycles. The number of nitrogens with one attached hydrogen (secondary N) is 2. The summed E-state index contributed by atoms with van der Waals surface area (Å²) in [6, 6.07) is 0.486. The van der Waals surface area contributed by atoms with Crippen molar-refractivity contribution in [1.29, 1.82) is 0 Å². The van der Waals surface area contributed by atoms with Crippen LogP contribution in [0.25, 0.3) is 0 Å². The second-order valence-electron chi connectivity index (χ2n) is 7.55. The molecule has 2 rings (SSSR count). The van der Waals surface area contributed by atoms with Crippen molar-refractivity contribution >= 4 is 29.9 Å². The van der Waals surface area contributed by atoms with Crippen LogP contribution in [0.3, 0.4) is 0 Å². The third-order valence-electron chi connectivity index (χ3n) is 5.62. The largest absolute Gasteiger partial charge is 0.357 e. The molecule has 24 heavy (non-hydrogen) atoms. The summed E-state index contributed by atoms with van der Waals surface area (Å²) in [5, 5.41) is 7.03. The molecule has 0 saturated heterocycles. The van der Waals surface area contributed by atoms with Gasteiger partial charge in [-0.3, -0.25) is 4.99 Å². The van der Waals surface area contributed by atoms with Crippen LogP contribution in [-0.4, -0.2) is 49.6 Å². The molecule has 1 atom stereocenters. The van der Waals surface area contributed by atoms with Crippen molar-refractivity contribution in [3.8, 4) is 0 Å². The third kappa shape index (κ3) is 7.06. The second kappa shape index (κ2) is 10.8. The van der Waals surface area contributed by atoms with Crippen LogP contribution in [0.15, 0.2) is 4.99 Å². The molecule has 0 heterocycles. The van der Waals surface area contributed by atoms with Crippen molar-refractivity contribution in [3.63, 3.8) is 0 Å². The van der Waals surface area contributed by atoms with Crippen molar-refractivity contribution in [2.45, 2.75) is 72.3 Å². The molecule has 0 spiro atoms. The third-order valence-corrected chi connectivity index (χ3v) is 5.62. The summed E-state index contributed by atoms with van der Waals surface area (Å²) in [7, 11) is 0. The molecule has 0 aromatic rings. The zero-order valence-electron chi connectivity index (χ0n) is 16.2. The smallest absolute Gasteiger partial charge is 0.191 e. The predicted octanol–water partition coefficient (Wildman–Crippen LogP) is 3.86. The number of nitrogens with zero attached hydrogens (tertiary/aromatic N) is 2. The average molecular weight is 450 g/mol. The maximum absolute atomic E-state index is 4.91. The lowest BCUT2D eigenvalue weighted by molar-refractivity contribution is 0.292. The van der Waals surface area contributed by atoms with E-state index >= 15 is 0 Å². The molecule has 2 N–H and O–H groups in total. The van der Waals surface area contributed by atoms with Gasteiger partial charge in [0.15, 0.2) is 5.96 Å². The first-order valence-electron chi connectivity index (χ1n) is 9.90. The zero-order chi connectivity index (χ0) is 16.7. The Morgan fingerprint density at radius 3 is 2.38 bits per heavy atom. The van der Waals surface area contributed by atoms with Gasteiger partial charge in [-0.1, -0.05) is 13.8 Å². The number of guanidine groups is 1. The fraction of sp³-hybridized carbons (Fsp3) is 0.947. The summed E-state index contributed by atoms with van der Waals surface area (Å²) >= 11 is 0. The molecule has 0 aliphatic heterocycles. The van der Waals surface area contributed by atoms with Crippen LogP contribution in [0.1, 0.15) is 66.2 Å². The highest BCUT2D eigenvalue weighted by atomic mass is 127. The van der Waals surface area contributed by atoms with E-state index in [2.05, 4.69) is 43.2 Å². The Hall–Kier alpha value is -0.0400. The minimum Gasteiger partial charge on any atom is -0.357 e. The van der Waals surface area contributed by atoms with Crippen LogP contribution in [0.5, 0.6) is 0 Å². The van der Waals surface area contributed by atoms with E-state index in [4.69, 9.17) is 4.99 Å². The van der Waals surface area contributed by atoms with Crippen molar-refractivity contribution in [3.05, 3.63) is 0 Å². The number of halogens is 1. The number of hydrogen-bond donors (Lipinski definition) is 2. The Kier molecular flexibility index (Phi) is 9.94. The number of aliphatic imine (C=N–C) groups is 1. The van der Waals surface area contributed by atoms with E-state index in [1.54, 1.807) is 0 Å². The van der Waals surface area contributed by atoms with E-state index in [0.717, 1.165) is 38.1 Å². The van der Waals surface area contributed by atoms with Crippen molar-refractivity contribution in [1.82, 2.24) is 15.5 Å². The average Bonchev–Trinajstić information content (AvgIpc) is 3.42. The monoisotopic (exact) mass is 450 g/mol. The molecule has 0 aromatic heterocycles. The van der Waals surface area contributed by atoms with Gasteiger partial charge >= 0.3 is 0 Å². The lowest BCUT2D eigenvalue weighted by atomic mass is 10.0. The molecule has 0 radical (unpaired) electrons.